The van der Waals surface area contributed by atoms with Crippen LogP contribution in [0.3, 0.4) is 0 Å². The number of anilines is 1. The summed E-state index contributed by atoms with van der Waals surface area (Å²) in [6.45, 7) is 7.72. The summed E-state index contributed by atoms with van der Waals surface area (Å²) in [5, 5.41) is 3.60. The second kappa shape index (κ2) is 10.3. The van der Waals surface area contributed by atoms with E-state index >= 15 is 0 Å². The van der Waals surface area contributed by atoms with Crippen LogP contribution in [-0.4, -0.2) is 79.6 Å². The summed E-state index contributed by atoms with van der Waals surface area (Å²) in [6, 6.07) is 0. The van der Waals surface area contributed by atoms with Crippen LogP contribution >= 0.6 is 11.3 Å². The van der Waals surface area contributed by atoms with E-state index in [1.807, 2.05) is 9.80 Å². The smallest absolute Gasteiger partial charge is 0.341 e. The van der Waals surface area contributed by atoms with Gasteiger partial charge in [-0.2, -0.15) is 0 Å². The van der Waals surface area contributed by atoms with Crippen molar-refractivity contribution in [2.24, 2.45) is 5.92 Å². The van der Waals surface area contributed by atoms with Gasteiger partial charge in [-0.3, -0.25) is 14.5 Å². The van der Waals surface area contributed by atoms with E-state index in [2.05, 4.69) is 12.2 Å². The highest BCUT2D eigenvalue weighted by Gasteiger charge is 2.32. The molecular formula is C23H33N3O5S. The summed E-state index contributed by atoms with van der Waals surface area (Å²) in [4.78, 5) is 43.0. The normalized spacial score (nSPS) is 23.6. The molecule has 3 aliphatic rings. The number of rotatable bonds is 6. The van der Waals surface area contributed by atoms with E-state index in [0.29, 0.717) is 55.9 Å². The van der Waals surface area contributed by atoms with Crippen LogP contribution in [0, 0.1) is 5.92 Å². The molecule has 3 heterocycles. The highest BCUT2D eigenvalue weighted by Crippen LogP contribution is 2.40. The van der Waals surface area contributed by atoms with Crippen molar-refractivity contribution in [3.8, 4) is 0 Å². The van der Waals surface area contributed by atoms with E-state index in [9.17, 15) is 14.4 Å². The first-order valence-electron chi connectivity index (χ1n) is 11.7. The number of esters is 1. The van der Waals surface area contributed by atoms with Gasteiger partial charge in [0.05, 0.1) is 18.7 Å². The minimum absolute atomic E-state index is 0.0732. The highest BCUT2D eigenvalue weighted by molar-refractivity contribution is 7.17. The van der Waals surface area contributed by atoms with Crippen molar-refractivity contribution in [3.63, 3.8) is 0 Å². The van der Waals surface area contributed by atoms with Crippen molar-refractivity contribution >= 4 is 34.1 Å². The molecule has 0 bridgehead atoms. The maximum Gasteiger partial charge on any atom is 0.341 e. The first-order chi connectivity index (χ1) is 15.5. The molecule has 2 atom stereocenters. The Balaban J connectivity index is 1.35. The maximum absolute atomic E-state index is 12.8. The number of carbonyl (C=O) groups is 3. The molecule has 1 N–H and O–H groups in total. The number of piperazine rings is 1. The SMILES string of the molecule is CCOC(=O)c1c(NC(=O)CN2CCN(C(=O)C3CCCO3)CC2)sc2c1CCC(C)C2. The molecule has 1 aromatic heterocycles. The van der Waals surface area contributed by atoms with Gasteiger partial charge in [0.2, 0.25) is 5.91 Å². The van der Waals surface area contributed by atoms with Gasteiger partial charge in [-0.25, -0.2) is 4.79 Å². The molecule has 9 heteroatoms. The minimum Gasteiger partial charge on any atom is -0.462 e. The lowest BCUT2D eigenvalue weighted by atomic mass is 9.88. The summed E-state index contributed by atoms with van der Waals surface area (Å²) in [6.07, 6.45) is 4.27. The fourth-order valence-electron chi connectivity index (χ4n) is 4.73. The molecule has 1 aromatic rings. The third kappa shape index (κ3) is 5.15. The number of nitrogens with zero attached hydrogens (tertiary/aromatic N) is 2. The lowest BCUT2D eigenvalue weighted by molar-refractivity contribution is -0.142. The number of carbonyl (C=O) groups excluding carboxylic acids is 3. The molecule has 4 rings (SSSR count). The molecular weight excluding hydrogens is 430 g/mol. The molecule has 1 aliphatic carbocycles. The lowest BCUT2D eigenvalue weighted by Crippen LogP contribution is -2.52. The monoisotopic (exact) mass is 463 g/mol. The molecule has 0 saturated carbocycles. The first kappa shape index (κ1) is 23.2. The highest BCUT2D eigenvalue weighted by atomic mass is 32.1. The Morgan fingerprint density at radius 3 is 2.66 bits per heavy atom. The van der Waals surface area contributed by atoms with E-state index in [0.717, 1.165) is 37.7 Å². The summed E-state index contributed by atoms with van der Waals surface area (Å²) >= 11 is 1.51. The number of hydrogen-bond donors (Lipinski definition) is 1. The lowest BCUT2D eigenvalue weighted by Gasteiger charge is -2.35. The van der Waals surface area contributed by atoms with Gasteiger partial charge in [0.25, 0.3) is 5.91 Å². The predicted octanol–water partition coefficient (Wildman–Crippen LogP) is 2.31. The van der Waals surface area contributed by atoms with E-state index in [1.54, 1.807) is 6.92 Å². The second-order valence-electron chi connectivity index (χ2n) is 8.93. The summed E-state index contributed by atoms with van der Waals surface area (Å²) in [5.41, 5.74) is 1.59. The molecule has 2 amide bonds. The quantitative estimate of drug-likeness (QED) is 0.652. The van der Waals surface area contributed by atoms with Crippen molar-refractivity contribution in [1.29, 1.82) is 0 Å². The van der Waals surface area contributed by atoms with E-state index in [4.69, 9.17) is 9.47 Å². The van der Waals surface area contributed by atoms with Crippen LogP contribution in [0.4, 0.5) is 5.00 Å². The zero-order valence-corrected chi connectivity index (χ0v) is 19.8. The topological polar surface area (TPSA) is 88.2 Å². The molecule has 2 aliphatic heterocycles. The summed E-state index contributed by atoms with van der Waals surface area (Å²) in [5.74, 6) is 0.162. The average Bonchev–Trinajstić information content (AvgIpc) is 3.41. The maximum atomic E-state index is 12.8. The third-order valence-electron chi connectivity index (χ3n) is 6.50. The molecule has 2 fully saturated rings. The Morgan fingerprint density at radius 1 is 1.19 bits per heavy atom. The Kier molecular flexibility index (Phi) is 7.48. The summed E-state index contributed by atoms with van der Waals surface area (Å²) < 4.78 is 10.8. The number of nitrogens with one attached hydrogen (secondary N) is 1. The predicted molar refractivity (Wildman–Crippen MR) is 122 cm³/mol. The van der Waals surface area contributed by atoms with Crippen molar-refractivity contribution in [3.05, 3.63) is 16.0 Å². The molecule has 32 heavy (non-hydrogen) atoms. The Hall–Kier alpha value is -1.97. The second-order valence-corrected chi connectivity index (χ2v) is 10.0. The van der Waals surface area contributed by atoms with Crippen LogP contribution in [0.1, 0.15) is 53.9 Å². The Labute approximate surface area is 193 Å². The van der Waals surface area contributed by atoms with E-state index in [1.165, 1.54) is 16.2 Å². The minimum atomic E-state index is -0.351. The molecule has 2 unspecified atom stereocenters. The molecule has 2 saturated heterocycles. The fraction of sp³-hybridized carbons (Fsp3) is 0.696. The van der Waals surface area contributed by atoms with E-state index < -0.39 is 0 Å². The standard InChI is InChI=1S/C23H33N3O5S/c1-3-30-23(29)20-16-7-6-15(2)13-18(16)32-21(20)24-19(27)14-25-8-10-26(11-9-25)22(28)17-5-4-12-31-17/h15,17H,3-14H2,1-2H3,(H,24,27). The van der Waals surface area contributed by atoms with Crippen LogP contribution < -0.4 is 5.32 Å². The number of amides is 2. The zero-order valence-electron chi connectivity index (χ0n) is 19.0. The third-order valence-corrected chi connectivity index (χ3v) is 7.67. The van der Waals surface area contributed by atoms with Gasteiger partial charge in [0.15, 0.2) is 0 Å². The van der Waals surface area contributed by atoms with Crippen LogP contribution in [0.15, 0.2) is 0 Å². The van der Waals surface area contributed by atoms with Gasteiger partial charge in [-0.15, -0.1) is 11.3 Å². The van der Waals surface area contributed by atoms with Gasteiger partial charge >= 0.3 is 5.97 Å². The van der Waals surface area contributed by atoms with Crippen molar-refractivity contribution < 1.29 is 23.9 Å². The van der Waals surface area contributed by atoms with Gasteiger partial charge in [0, 0.05) is 37.7 Å². The number of fused-ring (bicyclic) bond motifs is 1. The van der Waals surface area contributed by atoms with Crippen LogP contribution in [0.5, 0.6) is 0 Å². The van der Waals surface area contributed by atoms with Gasteiger partial charge in [-0.1, -0.05) is 6.92 Å². The summed E-state index contributed by atoms with van der Waals surface area (Å²) in [7, 11) is 0. The average molecular weight is 464 g/mol. The van der Waals surface area contributed by atoms with Crippen molar-refractivity contribution in [2.75, 3.05) is 51.3 Å². The first-order valence-corrected chi connectivity index (χ1v) is 12.5. The van der Waals surface area contributed by atoms with Crippen LogP contribution in [0.25, 0.3) is 0 Å². The Morgan fingerprint density at radius 2 is 1.97 bits per heavy atom. The molecule has 176 valence electrons. The number of thiophene rings is 1. The molecule has 0 radical (unpaired) electrons. The van der Waals surface area contributed by atoms with Crippen molar-refractivity contribution in [2.45, 2.75) is 52.1 Å². The van der Waals surface area contributed by atoms with Crippen LogP contribution in [-0.2, 0) is 31.9 Å². The van der Waals surface area contributed by atoms with Gasteiger partial charge in [-0.05, 0) is 50.5 Å². The van der Waals surface area contributed by atoms with Gasteiger partial charge < -0.3 is 19.7 Å². The number of hydrogen-bond acceptors (Lipinski definition) is 7. The number of ether oxygens (including phenoxy) is 2. The molecule has 0 spiro atoms. The largest absolute Gasteiger partial charge is 0.462 e. The Bertz CT molecular complexity index is 856. The fourth-order valence-corrected chi connectivity index (χ4v) is 6.14. The zero-order chi connectivity index (χ0) is 22.7. The van der Waals surface area contributed by atoms with Crippen molar-refractivity contribution in [1.82, 2.24) is 9.80 Å². The molecule has 8 nitrogen and oxygen atoms in total. The van der Waals surface area contributed by atoms with Gasteiger partial charge in [0.1, 0.15) is 11.1 Å². The molecule has 0 aromatic carbocycles. The van der Waals surface area contributed by atoms with E-state index in [-0.39, 0.29) is 30.4 Å². The van der Waals surface area contributed by atoms with Crippen LogP contribution in [0.2, 0.25) is 0 Å².